The quantitative estimate of drug-likeness (QED) is 0.794. The highest BCUT2D eigenvalue weighted by molar-refractivity contribution is 9.09. The molecule has 0 aliphatic carbocycles. The Bertz CT molecular complexity index is 486. The van der Waals surface area contributed by atoms with Crippen LogP contribution in [-0.2, 0) is 0 Å². The van der Waals surface area contributed by atoms with Crippen molar-refractivity contribution in [3.05, 3.63) is 35.1 Å². The largest absolute Gasteiger partial charge is 0.206 e. The maximum absolute atomic E-state index is 13.5. The lowest BCUT2D eigenvalue weighted by Crippen LogP contribution is -1.85. The van der Waals surface area contributed by atoms with Gasteiger partial charge < -0.3 is 0 Å². The van der Waals surface area contributed by atoms with Crippen LogP contribution in [0.1, 0.15) is 23.2 Å². The van der Waals surface area contributed by atoms with E-state index in [1.54, 1.807) is 18.2 Å². The fourth-order valence-electron chi connectivity index (χ4n) is 1.28. The van der Waals surface area contributed by atoms with E-state index in [0.717, 1.165) is 11.4 Å². The lowest BCUT2D eigenvalue weighted by atomic mass is 10.2. The Balaban J connectivity index is 2.35. The Hall–Kier alpha value is -0.810. The van der Waals surface area contributed by atoms with Crippen LogP contribution in [0.5, 0.6) is 0 Å². The molecule has 0 bridgehead atoms. The van der Waals surface area contributed by atoms with Crippen molar-refractivity contribution in [2.45, 2.75) is 18.2 Å². The Morgan fingerprint density at radius 3 is 2.81 bits per heavy atom. The number of halogens is 2. The molecule has 1 aromatic heterocycles. The van der Waals surface area contributed by atoms with Gasteiger partial charge in [0, 0.05) is 5.56 Å². The van der Waals surface area contributed by atoms with Crippen LogP contribution in [0.2, 0.25) is 0 Å². The second-order valence-electron chi connectivity index (χ2n) is 3.30. The van der Waals surface area contributed by atoms with Crippen molar-refractivity contribution in [2.24, 2.45) is 0 Å². The minimum absolute atomic E-state index is 0.200. The molecule has 5 heteroatoms. The maximum atomic E-state index is 13.5. The number of rotatable bonds is 3. The molecule has 0 radical (unpaired) electrons. The Kier molecular flexibility index (Phi) is 3.66. The van der Waals surface area contributed by atoms with Gasteiger partial charge in [-0.25, -0.2) is 4.39 Å². The average molecular weight is 301 g/mol. The zero-order valence-corrected chi connectivity index (χ0v) is 11.1. The molecule has 0 aliphatic heterocycles. The molecule has 16 heavy (non-hydrogen) atoms. The Morgan fingerprint density at radius 2 is 2.12 bits per heavy atom. The van der Waals surface area contributed by atoms with Gasteiger partial charge in [-0.2, -0.15) is 0 Å². The number of hydrogen-bond donors (Lipinski definition) is 0. The molecule has 2 nitrogen and oxygen atoms in total. The molecule has 0 spiro atoms. The second-order valence-corrected chi connectivity index (χ2v) is 5.42. The molecule has 0 saturated carbocycles. The van der Waals surface area contributed by atoms with Gasteiger partial charge in [0.15, 0.2) is 5.01 Å². The molecule has 1 aromatic carbocycles. The van der Waals surface area contributed by atoms with E-state index < -0.39 is 0 Å². The fourth-order valence-corrected chi connectivity index (χ4v) is 2.58. The second kappa shape index (κ2) is 5.01. The zero-order chi connectivity index (χ0) is 11.5. The molecule has 0 aliphatic rings. The normalized spacial score (nSPS) is 12.7. The van der Waals surface area contributed by atoms with Gasteiger partial charge in [-0.15, -0.1) is 10.2 Å². The summed E-state index contributed by atoms with van der Waals surface area (Å²) < 4.78 is 13.5. The smallest absolute Gasteiger partial charge is 0.150 e. The molecule has 84 valence electrons. The highest BCUT2D eigenvalue weighted by Crippen LogP contribution is 2.33. The minimum Gasteiger partial charge on any atom is -0.206 e. The lowest BCUT2D eigenvalue weighted by molar-refractivity contribution is 0.631. The van der Waals surface area contributed by atoms with Crippen molar-refractivity contribution in [3.63, 3.8) is 0 Å². The Labute approximate surface area is 106 Å². The van der Waals surface area contributed by atoms with Crippen LogP contribution in [0, 0.1) is 5.82 Å². The van der Waals surface area contributed by atoms with Gasteiger partial charge in [0.2, 0.25) is 0 Å². The third kappa shape index (κ3) is 2.30. The van der Waals surface area contributed by atoms with Gasteiger partial charge in [-0.05, 0) is 18.6 Å². The molecular weight excluding hydrogens is 291 g/mol. The molecule has 1 heterocycles. The topological polar surface area (TPSA) is 25.8 Å². The maximum Gasteiger partial charge on any atom is 0.150 e. The molecule has 0 N–H and O–H groups in total. The monoisotopic (exact) mass is 300 g/mol. The number of aromatic nitrogens is 2. The van der Waals surface area contributed by atoms with Gasteiger partial charge in [-0.1, -0.05) is 46.3 Å². The summed E-state index contributed by atoms with van der Waals surface area (Å²) in [7, 11) is 0. The van der Waals surface area contributed by atoms with Crippen LogP contribution in [0.4, 0.5) is 4.39 Å². The van der Waals surface area contributed by atoms with Gasteiger partial charge in [-0.3, -0.25) is 0 Å². The predicted molar refractivity (Wildman–Crippen MR) is 67.3 cm³/mol. The van der Waals surface area contributed by atoms with Crippen LogP contribution in [-0.4, -0.2) is 10.2 Å². The van der Waals surface area contributed by atoms with E-state index in [1.807, 2.05) is 0 Å². The van der Waals surface area contributed by atoms with Crippen molar-refractivity contribution >= 4 is 27.3 Å². The average Bonchev–Trinajstić information content (AvgIpc) is 2.78. The summed E-state index contributed by atoms with van der Waals surface area (Å²) in [6.45, 7) is 2.06. The van der Waals surface area contributed by atoms with Gasteiger partial charge >= 0.3 is 0 Å². The first-order valence-corrected chi connectivity index (χ1v) is 6.68. The van der Waals surface area contributed by atoms with E-state index in [0.29, 0.717) is 10.6 Å². The first kappa shape index (κ1) is 11.7. The highest BCUT2D eigenvalue weighted by atomic mass is 79.9. The van der Waals surface area contributed by atoms with Crippen LogP contribution in [0.3, 0.4) is 0 Å². The molecule has 2 rings (SSSR count). The summed E-state index contributed by atoms with van der Waals surface area (Å²) in [5.74, 6) is -0.257. The van der Waals surface area contributed by atoms with Crippen molar-refractivity contribution in [1.82, 2.24) is 10.2 Å². The summed E-state index contributed by atoms with van der Waals surface area (Å²) in [5, 5.41) is 9.59. The standard InChI is InChI=1S/C11H10BrFN2S/c1-2-8(12)11-15-14-10(16-11)7-5-3-4-6-9(7)13/h3-6,8H,2H2,1H3. The molecule has 0 amide bonds. The van der Waals surface area contributed by atoms with E-state index in [1.165, 1.54) is 17.4 Å². The van der Waals surface area contributed by atoms with Gasteiger partial charge in [0.05, 0.1) is 4.83 Å². The molecule has 2 aromatic rings. The van der Waals surface area contributed by atoms with Crippen molar-refractivity contribution in [2.75, 3.05) is 0 Å². The third-order valence-electron chi connectivity index (χ3n) is 2.17. The van der Waals surface area contributed by atoms with Crippen LogP contribution < -0.4 is 0 Å². The minimum atomic E-state index is -0.257. The summed E-state index contributed by atoms with van der Waals surface area (Å²) in [5.41, 5.74) is 0.516. The molecular formula is C11H10BrFN2S. The number of alkyl halides is 1. The van der Waals surface area contributed by atoms with Crippen LogP contribution in [0.15, 0.2) is 24.3 Å². The van der Waals surface area contributed by atoms with Crippen molar-refractivity contribution < 1.29 is 4.39 Å². The van der Waals surface area contributed by atoms with Gasteiger partial charge in [0.1, 0.15) is 10.8 Å². The van der Waals surface area contributed by atoms with Crippen molar-refractivity contribution in [3.8, 4) is 10.6 Å². The van der Waals surface area contributed by atoms with E-state index in [-0.39, 0.29) is 10.6 Å². The number of hydrogen-bond acceptors (Lipinski definition) is 3. The molecule has 1 atom stereocenters. The van der Waals surface area contributed by atoms with E-state index in [2.05, 4.69) is 33.1 Å². The first-order chi connectivity index (χ1) is 7.72. The van der Waals surface area contributed by atoms with E-state index >= 15 is 0 Å². The lowest BCUT2D eigenvalue weighted by Gasteiger charge is -1.98. The summed E-state index contributed by atoms with van der Waals surface area (Å²) in [6, 6.07) is 6.61. The third-order valence-corrected chi connectivity index (χ3v) is 4.63. The van der Waals surface area contributed by atoms with Gasteiger partial charge in [0.25, 0.3) is 0 Å². The predicted octanol–water partition coefficient (Wildman–Crippen LogP) is 4.19. The van der Waals surface area contributed by atoms with Crippen LogP contribution in [0.25, 0.3) is 10.6 Å². The Morgan fingerprint density at radius 1 is 1.38 bits per heavy atom. The number of benzene rings is 1. The van der Waals surface area contributed by atoms with Crippen LogP contribution >= 0.6 is 27.3 Å². The zero-order valence-electron chi connectivity index (χ0n) is 8.65. The molecule has 0 fully saturated rings. The van der Waals surface area contributed by atoms with E-state index in [4.69, 9.17) is 0 Å². The summed E-state index contributed by atoms with van der Waals surface area (Å²) in [4.78, 5) is 0.200. The SMILES string of the molecule is CCC(Br)c1nnc(-c2ccccc2F)s1. The number of nitrogens with zero attached hydrogens (tertiary/aromatic N) is 2. The molecule has 0 saturated heterocycles. The summed E-state index contributed by atoms with van der Waals surface area (Å²) >= 11 is 4.93. The van der Waals surface area contributed by atoms with Crippen molar-refractivity contribution in [1.29, 1.82) is 0 Å². The summed E-state index contributed by atoms with van der Waals surface area (Å²) in [6.07, 6.45) is 0.936. The first-order valence-electron chi connectivity index (χ1n) is 4.94. The highest BCUT2D eigenvalue weighted by Gasteiger charge is 2.14. The fraction of sp³-hybridized carbons (Fsp3) is 0.273. The molecule has 1 unspecified atom stereocenters. The van der Waals surface area contributed by atoms with E-state index in [9.17, 15) is 4.39 Å².